The van der Waals surface area contributed by atoms with Gasteiger partial charge in [-0.3, -0.25) is 19.8 Å². The summed E-state index contributed by atoms with van der Waals surface area (Å²) >= 11 is 0. The molecule has 3 N–H and O–H groups in total. The molecule has 1 aliphatic heterocycles. The summed E-state index contributed by atoms with van der Waals surface area (Å²) in [6.45, 7) is 4.60. The van der Waals surface area contributed by atoms with E-state index in [0.29, 0.717) is 12.8 Å². The third kappa shape index (κ3) is 5.21. The topological polar surface area (TPSA) is 117 Å². The summed E-state index contributed by atoms with van der Waals surface area (Å²) < 4.78 is 5.11. The second-order valence-corrected chi connectivity index (χ2v) is 7.18. The summed E-state index contributed by atoms with van der Waals surface area (Å²) in [6.07, 6.45) is 0.930. The molecule has 1 aromatic rings. The number of hydrogen-bond acceptors (Lipinski definition) is 5. The lowest BCUT2D eigenvalue weighted by atomic mass is 9.93. The molecule has 9 nitrogen and oxygen atoms in total. The third-order valence-electron chi connectivity index (χ3n) is 4.39. The van der Waals surface area contributed by atoms with Crippen molar-refractivity contribution in [3.8, 4) is 5.75 Å². The first-order chi connectivity index (χ1) is 13.1. The summed E-state index contributed by atoms with van der Waals surface area (Å²) in [5.74, 6) is -0.495. The van der Waals surface area contributed by atoms with Gasteiger partial charge in [0.1, 0.15) is 17.8 Å². The number of methoxy groups -OCH3 is 1. The fourth-order valence-corrected chi connectivity index (χ4v) is 2.85. The van der Waals surface area contributed by atoms with Gasteiger partial charge in [0.15, 0.2) is 0 Å². The average Bonchev–Trinajstić information content (AvgIpc) is 2.83. The first-order valence-corrected chi connectivity index (χ1v) is 9.02. The van der Waals surface area contributed by atoms with Crippen LogP contribution in [0, 0.1) is 0 Å². The first kappa shape index (κ1) is 21.2. The van der Waals surface area contributed by atoms with Crippen molar-refractivity contribution in [2.24, 2.45) is 0 Å². The highest BCUT2D eigenvalue weighted by Gasteiger charge is 2.47. The Hall–Kier alpha value is -3.10. The van der Waals surface area contributed by atoms with E-state index in [1.807, 2.05) is 24.3 Å². The number of imide groups is 2. The van der Waals surface area contributed by atoms with Crippen molar-refractivity contribution < 1.29 is 23.9 Å². The zero-order chi connectivity index (χ0) is 20.9. The van der Waals surface area contributed by atoms with E-state index in [0.717, 1.165) is 16.2 Å². The van der Waals surface area contributed by atoms with Crippen LogP contribution in [0.1, 0.15) is 32.8 Å². The van der Waals surface area contributed by atoms with Crippen LogP contribution < -0.4 is 20.7 Å². The molecule has 2 rings (SSSR count). The molecule has 0 saturated carbocycles. The average molecular weight is 390 g/mol. The number of benzene rings is 1. The lowest BCUT2D eigenvalue weighted by molar-refractivity contribution is -0.134. The van der Waals surface area contributed by atoms with E-state index >= 15 is 0 Å². The molecule has 9 heteroatoms. The normalized spacial score (nSPS) is 18.8. The van der Waals surface area contributed by atoms with Gasteiger partial charge in [-0.25, -0.2) is 9.59 Å². The van der Waals surface area contributed by atoms with Gasteiger partial charge >= 0.3 is 12.1 Å². The standard InChI is InChI=1S/C19H26N4O5/c1-12(2)20-17(26)21-15(24)11-23-16(25)19(3,22-18(23)27)10-9-13-5-7-14(28-4)8-6-13/h5-8,12H,9-11H2,1-4H3,(H,22,27)(H2,20,21,24,26)/t19-/m0/s1. The lowest BCUT2D eigenvalue weighted by Gasteiger charge is -2.21. The molecule has 0 bridgehead atoms. The number of urea groups is 2. The number of ether oxygens (including phenoxy) is 1. The van der Waals surface area contributed by atoms with Gasteiger partial charge in [-0.2, -0.15) is 0 Å². The number of carbonyl (C=O) groups excluding carboxylic acids is 4. The van der Waals surface area contributed by atoms with Gasteiger partial charge in [-0.05, 0) is 51.3 Å². The molecular weight excluding hydrogens is 364 g/mol. The smallest absolute Gasteiger partial charge is 0.325 e. The van der Waals surface area contributed by atoms with Gasteiger partial charge in [0.2, 0.25) is 5.91 Å². The summed E-state index contributed by atoms with van der Waals surface area (Å²) in [7, 11) is 1.58. The second-order valence-electron chi connectivity index (χ2n) is 7.18. The Balaban J connectivity index is 1.95. The number of hydrogen-bond donors (Lipinski definition) is 3. The van der Waals surface area contributed by atoms with E-state index in [1.165, 1.54) is 0 Å². The second kappa shape index (κ2) is 8.73. The molecule has 152 valence electrons. The summed E-state index contributed by atoms with van der Waals surface area (Å²) in [5, 5.41) is 7.25. The quantitative estimate of drug-likeness (QED) is 0.604. The van der Waals surface area contributed by atoms with Crippen LogP contribution in [0.15, 0.2) is 24.3 Å². The van der Waals surface area contributed by atoms with E-state index in [1.54, 1.807) is 27.9 Å². The first-order valence-electron chi connectivity index (χ1n) is 9.02. The van der Waals surface area contributed by atoms with E-state index in [9.17, 15) is 19.2 Å². The van der Waals surface area contributed by atoms with Crippen molar-refractivity contribution in [3.05, 3.63) is 29.8 Å². The molecule has 1 aliphatic rings. The maximum absolute atomic E-state index is 12.7. The van der Waals surface area contributed by atoms with E-state index < -0.39 is 36.0 Å². The van der Waals surface area contributed by atoms with Gasteiger partial charge in [-0.1, -0.05) is 12.1 Å². The van der Waals surface area contributed by atoms with Crippen LogP contribution in [0.4, 0.5) is 9.59 Å². The predicted molar refractivity (Wildman–Crippen MR) is 102 cm³/mol. The fraction of sp³-hybridized carbons (Fsp3) is 0.474. The van der Waals surface area contributed by atoms with Crippen LogP contribution in [-0.4, -0.2) is 54.0 Å². The van der Waals surface area contributed by atoms with Crippen LogP contribution in [0.3, 0.4) is 0 Å². The number of nitrogens with one attached hydrogen (secondary N) is 3. The molecule has 28 heavy (non-hydrogen) atoms. The Morgan fingerprint density at radius 1 is 1.21 bits per heavy atom. The molecule has 0 unspecified atom stereocenters. The molecule has 1 saturated heterocycles. The Bertz CT molecular complexity index is 762. The summed E-state index contributed by atoms with van der Waals surface area (Å²) in [5.41, 5.74) is -0.122. The van der Waals surface area contributed by atoms with Crippen molar-refractivity contribution in [2.75, 3.05) is 13.7 Å². The Morgan fingerprint density at radius 2 is 1.86 bits per heavy atom. The monoisotopic (exact) mass is 390 g/mol. The van der Waals surface area contributed by atoms with Gasteiger partial charge in [-0.15, -0.1) is 0 Å². The highest BCUT2D eigenvalue weighted by atomic mass is 16.5. The fourth-order valence-electron chi connectivity index (χ4n) is 2.85. The van der Waals surface area contributed by atoms with Crippen LogP contribution in [-0.2, 0) is 16.0 Å². The van der Waals surface area contributed by atoms with E-state index in [2.05, 4.69) is 16.0 Å². The van der Waals surface area contributed by atoms with Crippen molar-refractivity contribution in [3.63, 3.8) is 0 Å². The molecule has 1 aromatic carbocycles. The van der Waals surface area contributed by atoms with Gasteiger partial charge in [0.25, 0.3) is 5.91 Å². The lowest BCUT2D eigenvalue weighted by Crippen LogP contribution is -2.48. The Labute approximate surface area is 163 Å². The predicted octanol–water partition coefficient (Wildman–Crippen LogP) is 1.17. The zero-order valence-electron chi connectivity index (χ0n) is 16.5. The maximum atomic E-state index is 12.7. The summed E-state index contributed by atoms with van der Waals surface area (Å²) in [4.78, 5) is 49.3. The van der Waals surface area contributed by atoms with Crippen LogP contribution in [0.2, 0.25) is 0 Å². The minimum Gasteiger partial charge on any atom is -0.497 e. The molecule has 1 fully saturated rings. The molecule has 0 aliphatic carbocycles. The van der Waals surface area contributed by atoms with Crippen molar-refractivity contribution in [1.29, 1.82) is 0 Å². The molecule has 0 radical (unpaired) electrons. The SMILES string of the molecule is COc1ccc(CC[C@]2(C)NC(=O)N(CC(=O)NC(=O)NC(C)C)C2=O)cc1. The molecule has 1 atom stereocenters. The third-order valence-corrected chi connectivity index (χ3v) is 4.39. The minimum absolute atomic E-state index is 0.147. The highest BCUT2D eigenvalue weighted by Crippen LogP contribution is 2.23. The Morgan fingerprint density at radius 3 is 2.43 bits per heavy atom. The van der Waals surface area contributed by atoms with Crippen LogP contribution >= 0.6 is 0 Å². The van der Waals surface area contributed by atoms with Gasteiger partial charge in [0, 0.05) is 6.04 Å². The van der Waals surface area contributed by atoms with Gasteiger partial charge < -0.3 is 15.4 Å². The number of rotatable bonds is 7. The van der Waals surface area contributed by atoms with Crippen molar-refractivity contribution >= 4 is 23.9 Å². The molecule has 1 heterocycles. The Kier molecular flexibility index (Phi) is 6.61. The highest BCUT2D eigenvalue weighted by molar-refractivity contribution is 6.09. The minimum atomic E-state index is -1.11. The largest absolute Gasteiger partial charge is 0.497 e. The van der Waals surface area contributed by atoms with Crippen molar-refractivity contribution in [1.82, 2.24) is 20.9 Å². The van der Waals surface area contributed by atoms with E-state index in [-0.39, 0.29) is 6.04 Å². The van der Waals surface area contributed by atoms with Crippen LogP contribution in [0.25, 0.3) is 0 Å². The van der Waals surface area contributed by atoms with Crippen LogP contribution in [0.5, 0.6) is 5.75 Å². The number of carbonyl (C=O) groups is 4. The summed E-state index contributed by atoms with van der Waals surface area (Å²) in [6, 6.07) is 5.96. The van der Waals surface area contributed by atoms with Gasteiger partial charge in [0.05, 0.1) is 7.11 Å². The molecule has 0 spiro atoms. The number of amides is 6. The number of aryl methyl sites for hydroxylation is 1. The molecule has 0 aromatic heterocycles. The van der Waals surface area contributed by atoms with E-state index in [4.69, 9.17) is 4.74 Å². The maximum Gasteiger partial charge on any atom is 0.325 e. The molecule has 6 amide bonds. The zero-order valence-corrected chi connectivity index (χ0v) is 16.5. The number of nitrogens with zero attached hydrogens (tertiary/aromatic N) is 1. The molecular formula is C19H26N4O5. The van der Waals surface area contributed by atoms with Crippen molar-refractivity contribution in [2.45, 2.75) is 45.2 Å².